The van der Waals surface area contributed by atoms with Gasteiger partial charge in [0.25, 0.3) is 0 Å². The molecule has 1 aromatic heterocycles. The Labute approximate surface area is 78.9 Å². The Morgan fingerprint density at radius 3 is 2.85 bits per heavy atom. The fourth-order valence-corrected chi connectivity index (χ4v) is 0.846. The van der Waals surface area contributed by atoms with Gasteiger partial charge < -0.3 is 10.5 Å². The molecule has 1 aromatic rings. The summed E-state index contributed by atoms with van der Waals surface area (Å²) >= 11 is 0. The number of rotatable bonds is 4. The highest BCUT2D eigenvalue weighted by atomic mass is 16.5. The molecule has 0 saturated heterocycles. The van der Waals surface area contributed by atoms with Crippen molar-refractivity contribution in [2.75, 3.05) is 13.2 Å². The van der Waals surface area contributed by atoms with Gasteiger partial charge in [-0.3, -0.25) is 4.98 Å². The molecule has 3 nitrogen and oxygen atoms in total. The first-order valence-electron chi connectivity index (χ1n) is 4.48. The number of nitrogens with zero attached hydrogens (tertiary/aromatic N) is 1. The maximum absolute atomic E-state index is 5.47. The maximum Gasteiger partial charge on any atom is 0.137 e. The summed E-state index contributed by atoms with van der Waals surface area (Å²) < 4.78 is 5.47. The van der Waals surface area contributed by atoms with Gasteiger partial charge in [0.15, 0.2) is 0 Å². The van der Waals surface area contributed by atoms with E-state index in [2.05, 4.69) is 11.9 Å². The molecule has 0 amide bonds. The minimum absolute atomic E-state index is 0.390. The molecule has 1 rings (SSSR count). The summed E-state index contributed by atoms with van der Waals surface area (Å²) in [5.74, 6) is 1.20. The first kappa shape index (κ1) is 9.99. The summed E-state index contributed by atoms with van der Waals surface area (Å²) in [5.41, 5.74) is 6.46. The average molecular weight is 180 g/mol. The zero-order valence-corrected chi connectivity index (χ0v) is 8.16. The van der Waals surface area contributed by atoms with Crippen LogP contribution in [0.15, 0.2) is 18.3 Å². The van der Waals surface area contributed by atoms with Gasteiger partial charge in [0.2, 0.25) is 0 Å². The second-order valence-electron chi connectivity index (χ2n) is 3.29. The molecule has 13 heavy (non-hydrogen) atoms. The van der Waals surface area contributed by atoms with Crippen LogP contribution >= 0.6 is 0 Å². The number of aromatic nitrogens is 1. The molecule has 0 fully saturated rings. The summed E-state index contributed by atoms with van der Waals surface area (Å²) in [6, 6.07) is 3.86. The van der Waals surface area contributed by atoms with Crippen molar-refractivity contribution >= 4 is 0 Å². The summed E-state index contributed by atoms with van der Waals surface area (Å²) in [5, 5.41) is 0. The van der Waals surface area contributed by atoms with Crippen LogP contribution in [0.1, 0.15) is 12.6 Å². The molecule has 2 N–H and O–H groups in total. The molecule has 0 aliphatic rings. The van der Waals surface area contributed by atoms with Gasteiger partial charge in [0.05, 0.1) is 12.8 Å². The van der Waals surface area contributed by atoms with E-state index in [0.29, 0.717) is 19.1 Å². The van der Waals surface area contributed by atoms with Crippen LogP contribution in [0.5, 0.6) is 5.75 Å². The zero-order chi connectivity index (χ0) is 9.68. The third-order valence-corrected chi connectivity index (χ3v) is 1.82. The first-order chi connectivity index (χ1) is 6.22. The van der Waals surface area contributed by atoms with Gasteiger partial charge in [0, 0.05) is 11.6 Å². The summed E-state index contributed by atoms with van der Waals surface area (Å²) in [6.45, 7) is 5.31. The van der Waals surface area contributed by atoms with Gasteiger partial charge in [-0.25, -0.2) is 0 Å². The molecular weight excluding hydrogens is 164 g/mol. The molecule has 1 heterocycles. The van der Waals surface area contributed by atoms with Crippen LogP contribution in [0.25, 0.3) is 0 Å². The van der Waals surface area contributed by atoms with E-state index in [4.69, 9.17) is 10.5 Å². The van der Waals surface area contributed by atoms with Crippen molar-refractivity contribution in [1.29, 1.82) is 0 Å². The Morgan fingerprint density at radius 2 is 2.31 bits per heavy atom. The van der Waals surface area contributed by atoms with Crippen LogP contribution in [0, 0.1) is 12.8 Å². The Hall–Kier alpha value is -1.09. The second-order valence-corrected chi connectivity index (χ2v) is 3.29. The molecule has 1 unspecified atom stereocenters. The summed E-state index contributed by atoms with van der Waals surface area (Å²) in [6.07, 6.45) is 1.73. The number of nitrogens with two attached hydrogens (primary N) is 1. The van der Waals surface area contributed by atoms with Crippen molar-refractivity contribution in [2.24, 2.45) is 11.7 Å². The largest absolute Gasteiger partial charge is 0.492 e. The highest BCUT2D eigenvalue weighted by molar-refractivity contribution is 5.18. The van der Waals surface area contributed by atoms with E-state index in [1.165, 1.54) is 0 Å². The summed E-state index contributed by atoms with van der Waals surface area (Å²) in [7, 11) is 0. The van der Waals surface area contributed by atoms with Crippen LogP contribution in [0.4, 0.5) is 0 Å². The first-order valence-corrected chi connectivity index (χ1v) is 4.48. The fraction of sp³-hybridized carbons (Fsp3) is 0.500. The monoisotopic (exact) mass is 180 g/mol. The lowest BCUT2D eigenvalue weighted by molar-refractivity contribution is 0.263. The Balaban J connectivity index is 2.41. The van der Waals surface area contributed by atoms with Gasteiger partial charge in [0.1, 0.15) is 5.75 Å². The number of hydrogen-bond acceptors (Lipinski definition) is 3. The molecule has 0 bridgehead atoms. The van der Waals surface area contributed by atoms with E-state index in [1.807, 2.05) is 19.1 Å². The highest BCUT2D eigenvalue weighted by Crippen LogP contribution is 2.09. The standard InChI is InChI=1S/C10H16N2O/c1-8(5-11)7-13-10-4-3-9(2)12-6-10/h3-4,6,8H,5,7,11H2,1-2H3. The van der Waals surface area contributed by atoms with Crippen LogP contribution in [0.2, 0.25) is 0 Å². The molecule has 0 saturated carbocycles. The number of aryl methyl sites for hydroxylation is 1. The Morgan fingerprint density at radius 1 is 1.54 bits per heavy atom. The van der Waals surface area contributed by atoms with Crippen LogP contribution in [-0.4, -0.2) is 18.1 Å². The molecule has 1 atom stereocenters. The van der Waals surface area contributed by atoms with Gasteiger partial charge in [-0.15, -0.1) is 0 Å². The van der Waals surface area contributed by atoms with Crippen molar-refractivity contribution < 1.29 is 4.74 Å². The van der Waals surface area contributed by atoms with Crippen LogP contribution < -0.4 is 10.5 Å². The molecule has 72 valence electrons. The third kappa shape index (κ3) is 3.42. The lowest BCUT2D eigenvalue weighted by atomic mass is 10.2. The molecule has 0 spiro atoms. The van der Waals surface area contributed by atoms with Gasteiger partial charge >= 0.3 is 0 Å². The van der Waals surface area contributed by atoms with E-state index in [9.17, 15) is 0 Å². The van der Waals surface area contributed by atoms with E-state index in [-0.39, 0.29) is 0 Å². The van der Waals surface area contributed by atoms with E-state index >= 15 is 0 Å². The number of ether oxygens (including phenoxy) is 1. The zero-order valence-electron chi connectivity index (χ0n) is 8.16. The maximum atomic E-state index is 5.47. The van der Waals surface area contributed by atoms with Crippen molar-refractivity contribution in [3.8, 4) is 5.75 Å². The molecule has 0 radical (unpaired) electrons. The van der Waals surface area contributed by atoms with Gasteiger partial charge in [-0.05, 0) is 25.6 Å². The summed E-state index contributed by atoms with van der Waals surface area (Å²) in [4.78, 5) is 4.13. The SMILES string of the molecule is Cc1ccc(OCC(C)CN)cn1. The van der Waals surface area contributed by atoms with E-state index in [0.717, 1.165) is 11.4 Å². The average Bonchev–Trinajstić information content (AvgIpc) is 2.16. The third-order valence-electron chi connectivity index (χ3n) is 1.82. The Bertz CT molecular complexity index is 246. The molecule has 3 heteroatoms. The lowest BCUT2D eigenvalue weighted by Gasteiger charge is -2.10. The van der Waals surface area contributed by atoms with Crippen molar-refractivity contribution in [1.82, 2.24) is 4.98 Å². The molecular formula is C10H16N2O. The van der Waals surface area contributed by atoms with E-state index < -0.39 is 0 Å². The van der Waals surface area contributed by atoms with Crippen molar-refractivity contribution in [3.05, 3.63) is 24.0 Å². The minimum Gasteiger partial charge on any atom is -0.492 e. The lowest BCUT2D eigenvalue weighted by Crippen LogP contribution is -2.18. The number of hydrogen-bond donors (Lipinski definition) is 1. The van der Waals surface area contributed by atoms with E-state index in [1.54, 1.807) is 6.20 Å². The minimum atomic E-state index is 0.390. The number of pyridine rings is 1. The van der Waals surface area contributed by atoms with Crippen LogP contribution in [-0.2, 0) is 0 Å². The van der Waals surface area contributed by atoms with Crippen molar-refractivity contribution in [3.63, 3.8) is 0 Å². The van der Waals surface area contributed by atoms with Crippen LogP contribution in [0.3, 0.4) is 0 Å². The molecule has 0 aromatic carbocycles. The molecule has 0 aliphatic carbocycles. The smallest absolute Gasteiger partial charge is 0.137 e. The fourth-order valence-electron chi connectivity index (χ4n) is 0.846. The van der Waals surface area contributed by atoms with Crippen molar-refractivity contribution in [2.45, 2.75) is 13.8 Å². The quantitative estimate of drug-likeness (QED) is 0.761. The van der Waals surface area contributed by atoms with Gasteiger partial charge in [-0.1, -0.05) is 6.92 Å². The predicted octanol–water partition coefficient (Wildman–Crippen LogP) is 1.36. The highest BCUT2D eigenvalue weighted by Gasteiger charge is 2.00. The molecule has 0 aliphatic heterocycles. The second kappa shape index (κ2) is 4.82. The predicted molar refractivity (Wildman–Crippen MR) is 52.7 cm³/mol. The normalized spacial score (nSPS) is 12.5. The topological polar surface area (TPSA) is 48.1 Å². The van der Waals surface area contributed by atoms with Gasteiger partial charge in [-0.2, -0.15) is 0 Å². The Kier molecular flexibility index (Phi) is 3.71.